The zero-order valence-electron chi connectivity index (χ0n) is 17.4. The molecule has 4 rings (SSSR count). The topological polar surface area (TPSA) is 29.1 Å². The summed E-state index contributed by atoms with van der Waals surface area (Å²) in [6.07, 6.45) is 0.823. The zero-order chi connectivity index (χ0) is 21.5. The van der Waals surface area contributed by atoms with Gasteiger partial charge in [0.25, 0.3) is 0 Å². The Morgan fingerprint density at radius 1 is 0.833 bits per heavy atom. The molecule has 2 nitrogen and oxygen atoms in total. The molecule has 0 aliphatic carbocycles. The number of para-hydroxylation sites is 1. The van der Waals surface area contributed by atoms with Gasteiger partial charge in [-0.15, -0.1) is 0 Å². The minimum absolute atomic E-state index is 0.0702. The standard InChI is InChI=1S/C25H26Br2NOP/c1-25(2,3)22-16-24(28-23-7-5-4-6-21(22)23)30(29,19-12-8-17(26)9-13-19)20-14-10-18(27)11-15-20/h4-15,22,24,28H,16H2,1-3H3. The van der Waals surface area contributed by atoms with Crippen molar-refractivity contribution < 1.29 is 4.57 Å². The van der Waals surface area contributed by atoms with E-state index in [4.69, 9.17) is 0 Å². The molecule has 2 unspecified atom stereocenters. The summed E-state index contributed by atoms with van der Waals surface area (Å²) < 4.78 is 17.0. The quantitative estimate of drug-likeness (QED) is 0.345. The van der Waals surface area contributed by atoms with Gasteiger partial charge >= 0.3 is 0 Å². The van der Waals surface area contributed by atoms with Crippen molar-refractivity contribution in [3.8, 4) is 0 Å². The lowest BCUT2D eigenvalue weighted by atomic mass is 9.73. The fourth-order valence-electron chi connectivity index (χ4n) is 4.41. The van der Waals surface area contributed by atoms with Crippen LogP contribution in [0.25, 0.3) is 0 Å². The summed E-state index contributed by atoms with van der Waals surface area (Å²) in [5.41, 5.74) is 2.49. The first-order chi connectivity index (χ1) is 14.2. The van der Waals surface area contributed by atoms with Gasteiger partial charge in [-0.3, -0.25) is 0 Å². The van der Waals surface area contributed by atoms with Gasteiger partial charge in [-0.05, 0) is 77.9 Å². The molecule has 5 heteroatoms. The van der Waals surface area contributed by atoms with Crippen LogP contribution in [0.2, 0.25) is 0 Å². The fraction of sp³-hybridized carbons (Fsp3) is 0.280. The zero-order valence-corrected chi connectivity index (χ0v) is 21.5. The van der Waals surface area contributed by atoms with Gasteiger partial charge in [-0.1, -0.05) is 70.8 Å². The Morgan fingerprint density at radius 3 is 1.83 bits per heavy atom. The molecule has 0 saturated carbocycles. The van der Waals surface area contributed by atoms with Gasteiger partial charge in [-0.2, -0.15) is 0 Å². The number of hydrogen-bond donors (Lipinski definition) is 1. The van der Waals surface area contributed by atoms with Crippen LogP contribution in [-0.4, -0.2) is 5.78 Å². The number of rotatable bonds is 3. The Labute approximate surface area is 196 Å². The van der Waals surface area contributed by atoms with Crippen LogP contribution in [0, 0.1) is 5.41 Å². The van der Waals surface area contributed by atoms with Gasteiger partial charge in [0.1, 0.15) is 0 Å². The van der Waals surface area contributed by atoms with Crippen LogP contribution in [0.4, 0.5) is 5.69 Å². The fourth-order valence-corrected chi connectivity index (χ4v) is 7.97. The summed E-state index contributed by atoms with van der Waals surface area (Å²) >= 11 is 7.04. The van der Waals surface area contributed by atoms with Crippen LogP contribution in [0.3, 0.4) is 0 Å². The van der Waals surface area contributed by atoms with Gasteiger partial charge in [0, 0.05) is 25.2 Å². The molecule has 0 spiro atoms. The maximum Gasteiger partial charge on any atom is 0.164 e. The van der Waals surface area contributed by atoms with Crippen LogP contribution in [0.5, 0.6) is 0 Å². The molecule has 0 saturated heterocycles. The van der Waals surface area contributed by atoms with Crippen molar-refractivity contribution >= 4 is 55.3 Å². The highest BCUT2D eigenvalue weighted by atomic mass is 79.9. The number of anilines is 1. The van der Waals surface area contributed by atoms with Crippen LogP contribution in [0.15, 0.2) is 81.7 Å². The van der Waals surface area contributed by atoms with Crippen molar-refractivity contribution in [1.82, 2.24) is 0 Å². The first kappa shape index (κ1) is 21.9. The normalized spacial score (nSPS) is 19.1. The minimum atomic E-state index is -2.95. The summed E-state index contributed by atoms with van der Waals surface area (Å²) in [5, 5.41) is 5.45. The minimum Gasteiger partial charge on any atom is -0.375 e. The smallest absolute Gasteiger partial charge is 0.164 e. The van der Waals surface area contributed by atoms with E-state index in [2.05, 4.69) is 82.2 Å². The Hall–Kier alpha value is -1.35. The predicted octanol–water partition coefficient (Wildman–Crippen LogP) is 7.50. The number of hydrogen-bond acceptors (Lipinski definition) is 2. The molecule has 0 aromatic heterocycles. The Bertz CT molecular complexity index is 1040. The highest BCUT2D eigenvalue weighted by Gasteiger charge is 2.43. The Kier molecular flexibility index (Phi) is 6.05. The van der Waals surface area contributed by atoms with Crippen LogP contribution in [-0.2, 0) is 4.57 Å². The summed E-state index contributed by atoms with van der Waals surface area (Å²) in [4.78, 5) is 0. The van der Waals surface area contributed by atoms with Gasteiger partial charge < -0.3 is 9.88 Å². The predicted molar refractivity (Wildman–Crippen MR) is 136 cm³/mol. The van der Waals surface area contributed by atoms with E-state index in [1.54, 1.807) is 0 Å². The third kappa shape index (κ3) is 4.07. The highest BCUT2D eigenvalue weighted by molar-refractivity contribution is 9.10. The summed E-state index contributed by atoms with van der Waals surface area (Å²) in [5.74, 6) is 0.151. The largest absolute Gasteiger partial charge is 0.375 e. The lowest BCUT2D eigenvalue weighted by molar-refractivity contribution is 0.300. The molecule has 30 heavy (non-hydrogen) atoms. The number of fused-ring (bicyclic) bond motifs is 1. The molecule has 2 atom stereocenters. The molecular weight excluding hydrogens is 521 g/mol. The van der Waals surface area contributed by atoms with Crippen molar-refractivity contribution in [3.05, 3.63) is 87.3 Å². The third-order valence-electron chi connectivity index (χ3n) is 6.02. The monoisotopic (exact) mass is 545 g/mol. The lowest BCUT2D eigenvalue weighted by Gasteiger charge is -2.42. The SMILES string of the molecule is CC(C)(C)C1CC(P(=O)(c2ccc(Br)cc2)c2ccc(Br)cc2)Nc2ccccc21. The molecule has 1 aliphatic heterocycles. The molecule has 3 aromatic rings. The van der Waals surface area contributed by atoms with Crippen molar-refractivity contribution in [2.24, 2.45) is 5.41 Å². The average Bonchev–Trinajstić information content (AvgIpc) is 2.72. The average molecular weight is 547 g/mol. The molecule has 1 aliphatic rings. The Balaban J connectivity index is 1.88. The third-order valence-corrected chi connectivity index (χ3v) is 10.4. The molecule has 0 radical (unpaired) electrons. The molecule has 3 aromatic carbocycles. The maximum atomic E-state index is 15.0. The number of benzene rings is 3. The van der Waals surface area contributed by atoms with Gasteiger partial charge in [0.2, 0.25) is 0 Å². The van der Waals surface area contributed by atoms with E-state index in [9.17, 15) is 4.57 Å². The number of halogens is 2. The Morgan fingerprint density at radius 2 is 1.33 bits per heavy atom. The summed E-state index contributed by atoms with van der Waals surface area (Å²) in [7, 11) is -2.95. The second-order valence-electron chi connectivity index (χ2n) is 9.01. The van der Waals surface area contributed by atoms with Crippen molar-refractivity contribution in [2.45, 2.75) is 38.9 Å². The molecule has 1 heterocycles. The van der Waals surface area contributed by atoms with Crippen molar-refractivity contribution in [1.29, 1.82) is 0 Å². The van der Waals surface area contributed by atoms with Gasteiger partial charge in [-0.25, -0.2) is 0 Å². The molecule has 0 bridgehead atoms. The van der Waals surface area contributed by atoms with Crippen molar-refractivity contribution in [3.63, 3.8) is 0 Å². The maximum absolute atomic E-state index is 15.0. The van der Waals surface area contributed by atoms with Gasteiger partial charge in [0.15, 0.2) is 7.14 Å². The van der Waals surface area contributed by atoms with E-state index in [0.29, 0.717) is 5.92 Å². The van der Waals surface area contributed by atoms with Crippen LogP contribution >= 0.6 is 39.0 Å². The van der Waals surface area contributed by atoms with Crippen LogP contribution in [0.1, 0.15) is 38.7 Å². The van der Waals surface area contributed by atoms with E-state index in [-0.39, 0.29) is 11.2 Å². The van der Waals surface area contributed by atoms with E-state index >= 15 is 0 Å². The summed E-state index contributed by atoms with van der Waals surface area (Å²) in [6.45, 7) is 6.84. The van der Waals surface area contributed by atoms with Crippen LogP contribution < -0.4 is 15.9 Å². The molecule has 1 N–H and O–H groups in total. The molecule has 156 valence electrons. The lowest BCUT2D eigenvalue weighted by Crippen LogP contribution is -2.38. The number of nitrogens with one attached hydrogen (secondary N) is 1. The van der Waals surface area contributed by atoms with E-state index in [0.717, 1.165) is 31.7 Å². The first-order valence-corrected chi connectivity index (χ1v) is 13.5. The second-order valence-corrected chi connectivity index (χ2v) is 13.8. The summed E-state index contributed by atoms with van der Waals surface area (Å²) in [6, 6.07) is 24.4. The highest BCUT2D eigenvalue weighted by Crippen LogP contribution is 2.57. The molecule has 0 fully saturated rings. The molecular formula is C25H26Br2NOP. The molecule has 0 amide bonds. The van der Waals surface area contributed by atoms with E-state index in [1.165, 1.54) is 5.56 Å². The first-order valence-electron chi connectivity index (χ1n) is 10.2. The van der Waals surface area contributed by atoms with Crippen molar-refractivity contribution in [2.75, 3.05) is 5.32 Å². The van der Waals surface area contributed by atoms with E-state index in [1.807, 2.05) is 48.5 Å². The van der Waals surface area contributed by atoms with Gasteiger partial charge in [0.05, 0.1) is 5.78 Å². The second kappa shape index (κ2) is 8.30. The van der Waals surface area contributed by atoms with E-state index < -0.39 is 7.14 Å².